The lowest BCUT2D eigenvalue weighted by Gasteiger charge is -2.31. The minimum atomic E-state index is -3.82. The van der Waals surface area contributed by atoms with Gasteiger partial charge in [-0.2, -0.15) is 4.31 Å². The molecule has 0 bridgehead atoms. The van der Waals surface area contributed by atoms with E-state index in [9.17, 15) is 12.8 Å². The van der Waals surface area contributed by atoms with Crippen molar-refractivity contribution in [3.63, 3.8) is 0 Å². The van der Waals surface area contributed by atoms with Crippen molar-refractivity contribution >= 4 is 41.9 Å². The van der Waals surface area contributed by atoms with Gasteiger partial charge in [0.05, 0.1) is 12.7 Å². The molecule has 0 amide bonds. The maximum absolute atomic E-state index is 13.8. The zero-order chi connectivity index (χ0) is 14.0. The number of alkyl halides is 1. The van der Waals surface area contributed by atoms with E-state index in [0.717, 1.165) is 6.07 Å². The van der Waals surface area contributed by atoms with Crippen LogP contribution in [-0.2, 0) is 14.8 Å². The van der Waals surface area contributed by atoms with Crippen LogP contribution in [0.3, 0.4) is 0 Å². The van der Waals surface area contributed by atoms with E-state index in [4.69, 9.17) is 4.74 Å². The molecule has 0 saturated carbocycles. The molecule has 1 atom stereocenters. The van der Waals surface area contributed by atoms with E-state index < -0.39 is 15.8 Å². The Morgan fingerprint density at radius 3 is 2.84 bits per heavy atom. The number of rotatable bonds is 3. The van der Waals surface area contributed by atoms with E-state index >= 15 is 0 Å². The lowest BCUT2D eigenvalue weighted by atomic mass is 10.3. The third-order valence-corrected chi connectivity index (χ3v) is 5.90. The van der Waals surface area contributed by atoms with Crippen LogP contribution in [0.5, 0.6) is 0 Å². The van der Waals surface area contributed by atoms with Crippen LogP contribution >= 0.6 is 31.9 Å². The van der Waals surface area contributed by atoms with E-state index in [2.05, 4.69) is 31.9 Å². The second-order valence-corrected chi connectivity index (χ2v) is 7.55. The fraction of sp³-hybridized carbons (Fsp3) is 0.455. The number of hydrogen-bond acceptors (Lipinski definition) is 3. The van der Waals surface area contributed by atoms with Crippen molar-refractivity contribution in [1.82, 2.24) is 4.31 Å². The van der Waals surface area contributed by atoms with Crippen molar-refractivity contribution in [3.8, 4) is 0 Å². The summed E-state index contributed by atoms with van der Waals surface area (Å²) in [4.78, 5) is -0.300. The molecule has 0 spiro atoms. The van der Waals surface area contributed by atoms with Gasteiger partial charge >= 0.3 is 0 Å². The van der Waals surface area contributed by atoms with Gasteiger partial charge in [-0.1, -0.05) is 31.9 Å². The minimum absolute atomic E-state index is 0.206. The van der Waals surface area contributed by atoms with Crippen LogP contribution in [0.4, 0.5) is 4.39 Å². The van der Waals surface area contributed by atoms with Gasteiger partial charge in [0.15, 0.2) is 0 Å². The summed E-state index contributed by atoms with van der Waals surface area (Å²) in [5.41, 5.74) is 0. The Balaban J connectivity index is 2.31. The molecule has 1 saturated heterocycles. The molecule has 1 fully saturated rings. The molecule has 1 heterocycles. The molecule has 1 aliphatic rings. The smallest absolute Gasteiger partial charge is 0.246 e. The molecule has 0 radical (unpaired) electrons. The predicted molar refractivity (Wildman–Crippen MR) is 76.4 cm³/mol. The molecular weight excluding hydrogens is 405 g/mol. The van der Waals surface area contributed by atoms with Crippen molar-refractivity contribution in [3.05, 3.63) is 28.5 Å². The Morgan fingerprint density at radius 2 is 2.21 bits per heavy atom. The van der Waals surface area contributed by atoms with Gasteiger partial charge in [0.2, 0.25) is 10.0 Å². The monoisotopic (exact) mass is 415 g/mol. The SMILES string of the molecule is O=S(=O)(c1ccc(Br)cc1F)N1CCOC(CBr)C1. The normalized spacial score (nSPS) is 21.5. The van der Waals surface area contributed by atoms with E-state index in [1.165, 1.54) is 16.4 Å². The third-order valence-electron chi connectivity index (χ3n) is 2.79. The number of hydrogen-bond donors (Lipinski definition) is 0. The van der Waals surface area contributed by atoms with Crippen molar-refractivity contribution in [2.45, 2.75) is 11.0 Å². The Kier molecular flexibility index (Phi) is 4.99. The second-order valence-electron chi connectivity index (χ2n) is 4.08. The number of morpholine rings is 1. The first kappa shape index (κ1) is 15.4. The summed E-state index contributed by atoms with van der Waals surface area (Å²) < 4.78 is 45.7. The highest BCUT2D eigenvalue weighted by Crippen LogP contribution is 2.24. The van der Waals surface area contributed by atoms with E-state index in [-0.39, 0.29) is 24.1 Å². The Labute approximate surface area is 128 Å². The summed E-state index contributed by atoms with van der Waals surface area (Å²) in [5, 5.41) is 0.543. The number of ether oxygens (including phenoxy) is 1. The molecule has 0 N–H and O–H groups in total. The first-order valence-corrected chi connectivity index (χ1v) is 8.93. The zero-order valence-electron chi connectivity index (χ0n) is 9.85. The van der Waals surface area contributed by atoms with Gasteiger partial charge in [-0.05, 0) is 18.2 Å². The van der Waals surface area contributed by atoms with Crippen molar-refractivity contribution < 1.29 is 17.5 Å². The maximum Gasteiger partial charge on any atom is 0.246 e. The van der Waals surface area contributed by atoms with E-state index in [1.54, 1.807) is 0 Å². The molecule has 4 nitrogen and oxygen atoms in total. The van der Waals surface area contributed by atoms with Crippen LogP contribution in [0.15, 0.2) is 27.6 Å². The first-order chi connectivity index (χ1) is 8.95. The molecule has 19 heavy (non-hydrogen) atoms. The highest BCUT2D eigenvalue weighted by molar-refractivity contribution is 9.10. The van der Waals surface area contributed by atoms with Gasteiger partial charge in [-0.15, -0.1) is 0 Å². The van der Waals surface area contributed by atoms with Gasteiger partial charge < -0.3 is 4.74 Å². The fourth-order valence-corrected chi connectivity index (χ4v) is 4.05. The number of nitrogens with zero attached hydrogens (tertiary/aromatic N) is 1. The average Bonchev–Trinajstić information content (AvgIpc) is 2.38. The molecule has 8 heteroatoms. The van der Waals surface area contributed by atoms with Crippen molar-refractivity contribution in [1.29, 1.82) is 0 Å². The highest BCUT2D eigenvalue weighted by atomic mass is 79.9. The molecule has 1 aromatic carbocycles. The lowest BCUT2D eigenvalue weighted by molar-refractivity contribution is 0.0136. The van der Waals surface area contributed by atoms with Gasteiger partial charge in [-0.3, -0.25) is 0 Å². The minimum Gasteiger partial charge on any atom is -0.375 e. The third kappa shape index (κ3) is 3.36. The molecule has 0 aliphatic carbocycles. The summed E-state index contributed by atoms with van der Waals surface area (Å²) >= 11 is 6.36. The van der Waals surface area contributed by atoms with Crippen LogP contribution in [0.1, 0.15) is 0 Å². The fourth-order valence-electron chi connectivity index (χ4n) is 1.83. The van der Waals surface area contributed by atoms with Crippen LogP contribution in [-0.4, -0.2) is 43.9 Å². The van der Waals surface area contributed by atoms with Gasteiger partial charge in [0.25, 0.3) is 0 Å². The largest absolute Gasteiger partial charge is 0.375 e. The van der Waals surface area contributed by atoms with Crippen LogP contribution < -0.4 is 0 Å². The lowest BCUT2D eigenvalue weighted by Crippen LogP contribution is -2.46. The number of benzene rings is 1. The quantitative estimate of drug-likeness (QED) is 0.710. The molecule has 1 aliphatic heterocycles. The summed E-state index contributed by atoms with van der Waals surface area (Å²) in [5.74, 6) is -0.753. The topological polar surface area (TPSA) is 46.6 Å². The van der Waals surface area contributed by atoms with Crippen LogP contribution in [0.25, 0.3) is 0 Å². The highest BCUT2D eigenvalue weighted by Gasteiger charge is 2.32. The van der Waals surface area contributed by atoms with E-state index in [0.29, 0.717) is 16.4 Å². The maximum atomic E-state index is 13.8. The standard InChI is InChI=1S/C11H12Br2FNO3S/c12-6-9-7-15(3-4-18-9)19(16,17)11-2-1-8(13)5-10(11)14/h1-2,5,9H,3-4,6-7H2. The van der Waals surface area contributed by atoms with Crippen molar-refractivity contribution in [2.75, 3.05) is 25.0 Å². The molecule has 0 aromatic heterocycles. The molecule has 2 rings (SSSR count). The summed E-state index contributed by atoms with van der Waals surface area (Å²) in [6.07, 6.45) is -0.206. The molecule has 1 unspecified atom stereocenters. The Hall–Kier alpha value is -0.0200. The number of sulfonamides is 1. The summed E-state index contributed by atoms with van der Waals surface area (Å²) in [6, 6.07) is 3.93. The van der Waals surface area contributed by atoms with Gasteiger partial charge in [-0.25, -0.2) is 12.8 Å². The van der Waals surface area contributed by atoms with E-state index in [1.807, 2.05) is 0 Å². The van der Waals surface area contributed by atoms with Gasteiger partial charge in [0, 0.05) is 22.9 Å². The zero-order valence-corrected chi connectivity index (χ0v) is 13.8. The Bertz CT molecular complexity index is 567. The van der Waals surface area contributed by atoms with Crippen LogP contribution in [0.2, 0.25) is 0 Å². The first-order valence-electron chi connectivity index (χ1n) is 5.58. The van der Waals surface area contributed by atoms with Gasteiger partial charge in [0.1, 0.15) is 10.7 Å². The predicted octanol–water partition coefficient (Wildman–Crippen LogP) is 2.37. The molecule has 1 aromatic rings. The number of halogens is 3. The van der Waals surface area contributed by atoms with Crippen molar-refractivity contribution in [2.24, 2.45) is 0 Å². The molecular formula is C11H12Br2FNO3S. The van der Waals surface area contributed by atoms with Crippen LogP contribution in [0, 0.1) is 5.82 Å². The molecule has 106 valence electrons. The second kappa shape index (κ2) is 6.17. The average molecular weight is 417 g/mol. The summed E-state index contributed by atoms with van der Waals surface area (Å²) in [6.45, 7) is 0.776. The summed E-state index contributed by atoms with van der Waals surface area (Å²) in [7, 11) is -3.82. The Morgan fingerprint density at radius 1 is 1.47 bits per heavy atom.